The number of guanidine groups is 1. The SMILES string of the molecule is CN=C(NCC1CCS(=O)(=O)C1)NC1CN(C2CC2)CC1C. The zero-order valence-corrected chi connectivity index (χ0v) is 14.4. The molecule has 3 rings (SSSR count). The summed E-state index contributed by atoms with van der Waals surface area (Å²) in [5.41, 5.74) is 0. The monoisotopic (exact) mass is 328 g/mol. The molecular formula is C15H28N4O2S. The molecule has 2 aliphatic heterocycles. The molecule has 0 aromatic heterocycles. The van der Waals surface area contributed by atoms with Gasteiger partial charge in [-0.05, 0) is 31.1 Å². The van der Waals surface area contributed by atoms with Gasteiger partial charge in [-0.25, -0.2) is 8.42 Å². The van der Waals surface area contributed by atoms with Gasteiger partial charge in [0.2, 0.25) is 0 Å². The number of nitrogens with zero attached hydrogens (tertiary/aromatic N) is 2. The lowest BCUT2D eigenvalue weighted by atomic mass is 10.1. The number of sulfone groups is 1. The van der Waals surface area contributed by atoms with Gasteiger partial charge in [0, 0.05) is 38.8 Å². The minimum absolute atomic E-state index is 0.215. The number of rotatable bonds is 4. The van der Waals surface area contributed by atoms with Crippen molar-refractivity contribution in [3.8, 4) is 0 Å². The summed E-state index contributed by atoms with van der Waals surface area (Å²) in [7, 11) is -1.02. The van der Waals surface area contributed by atoms with Crippen molar-refractivity contribution in [2.75, 3.05) is 38.2 Å². The van der Waals surface area contributed by atoms with Gasteiger partial charge in [-0.2, -0.15) is 0 Å². The van der Waals surface area contributed by atoms with Gasteiger partial charge in [-0.3, -0.25) is 9.89 Å². The van der Waals surface area contributed by atoms with Crippen molar-refractivity contribution in [3.63, 3.8) is 0 Å². The number of aliphatic imine (C=N–C) groups is 1. The maximum Gasteiger partial charge on any atom is 0.191 e. The lowest BCUT2D eigenvalue weighted by molar-refractivity contribution is 0.315. The van der Waals surface area contributed by atoms with Crippen LogP contribution in [0.3, 0.4) is 0 Å². The molecule has 6 nitrogen and oxygen atoms in total. The fraction of sp³-hybridized carbons (Fsp3) is 0.933. The van der Waals surface area contributed by atoms with Gasteiger partial charge in [-0.1, -0.05) is 6.92 Å². The smallest absolute Gasteiger partial charge is 0.191 e. The van der Waals surface area contributed by atoms with Crippen LogP contribution in [0, 0.1) is 11.8 Å². The Kier molecular flexibility index (Phi) is 4.64. The minimum atomic E-state index is -2.80. The third-order valence-corrected chi connectivity index (χ3v) is 6.97. The van der Waals surface area contributed by atoms with Crippen LogP contribution in [-0.4, -0.2) is 69.5 Å². The van der Waals surface area contributed by atoms with E-state index >= 15 is 0 Å². The van der Waals surface area contributed by atoms with E-state index in [0.29, 0.717) is 30.0 Å². The summed E-state index contributed by atoms with van der Waals surface area (Å²) in [6.45, 7) is 5.23. The van der Waals surface area contributed by atoms with E-state index in [-0.39, 0.29) is 5.92 Å². The summed E-state index contributed by atoms with van der Waals surface area (Å²) >= 11 is 0. The van der Waals surface area contributed by atoms with Gasteiger partial charge in [-0.15, -0.1) is 0 Å². The molecule has 0 amide bonds. The largest absolute Gasteiger partial charge is 0.356 e. The first-order valence-electron chi connectivity index (χ1n) is 8.38. The Morgan fingerprint density at radius 1 is 1.27 bits per heavy atom. The highest BCUT2D eigenvalue weighted by molar-refractivity contribution is 7.91. The van der Waals surface area contributed by atoms with Crippen LogP contribution in [0.1, 0.15) is 26.2 Å². The van der Waals surface area contributed by atoms with Gasteiger partial charge in [0.25, 0.3) is 0 Å². The van der Waals surface area contributed by atoms with E-state index in [2.05, 4.69) is 27.4 Å². The van der Waals surface area contributed by atoms with Gasteiger partial charge in [0.1, 0.15) is 0 Å². The number of nitrogens with one attached hydrogen (secondary N) is 2. The lowest BCUT2D eigenvalue weighted by Gasteiger charge is -2.21. The van der Waals surface area contributed by atoms with Crippen molar-refractivity contribution in [2.24, 2.45) is 16.8 Å². The zero-order chi connectivity index (χ0) is 15.7. The molecule has 0 aromatic rings. The molecule has 0 aromatic carbocycles. The lowest BCUT2D eigenvalue weighted by Crippen LogP contribution is -2.47. The Morgan fingerprint density at radius 2 is 2.05 bits per heavy atom. The van der Waals surface area contributed by atoms with Crippen molar-refractivity contribution in [3.05, 3.63) is 0 Å². The van der Waals surface area contributed by atoms with Crippen LogP contribution in [0.25, 0.3) is 0 Å². The normalized spacial score (nSPS) is 35.7. The molecule has 22 heavy (non-hydrogen) atoms. The second kappa shape index (κ2) is 6.35. The maximum absolute atomic E-state index is 11.5. The van der Waals surface area contributed by atoms with Crippen molar-refractivity contribution in [2.45, 2.75) is 38.3 Å². The van der Waals surface area contributed by atoms with Crippen molar-refractivity contribution < 1.29 is 8.42 Å². The highest BCUT2D eigenvalue weighted by Gasteiger charge is 2.38. The highest BCUT2D eigenvalue weighted by Crippen LogP contribution is 2.31. The average Bonchev–Trinajstić information content (AvgIpc) is 3.17. The fourth-order valence-corrected chi connectivity index (χ4v) is 5.44. The van der Waals surface area contributed by atoms with Crippen LogP contribution >= 0.6 is 0 Å². The summed E-state index contributed by atoms with van der Waals surface area (Å²) in [6.07, 6.45) is 3.47. The number of hydrogen-bond acceptors (Lipinski definition) is 4. The van der Waals surface area contributed by atoms with E-state index in [0.717, 1.165) is 25.0 Å². The third-order valence-electron chi connectivity index (χ3n) is 5.13. The Bertz CT molecular complexity index is 530. The van der Waals surface area contributed by atoms with Gasteiger partial charge in [0.05, 0.1) is 11.5 Å². The highest BCUT2D eigenvalue weighted by atomic mass is 32.2. The molecule has 0 spiro atoms. The molecule has 2 heterocycles. The Balaban J connectivity index is 1.46. The zero-order valence-electron chi connectivity index (χ0n) is 13.6. The van der Waals surface area contributed by atoms with Gasteiger partial charge >= 0.3 is 0 Å². The predicted molar refractivity (Wildman–Crippen MR) is 88.8 cm³/mol. The first-order chi connectivity index (χ1) is 10.5. The Morgan fingerprint density at radius 3 is 2.64 bits per heavy atom. The molecule has 7 heteroatoms. The van der Waals surface area contributed by atoms with E-state index in [9.17, 15) is 8.42 Å². The molecule has 3 unspecified atom stereocenters. The van der Waals surface area contributed by atoms with Crippen LogP contribution < -0.4 is 10.6 Å². The summed E-state index contributed by atoms with van der Waals surface area (Å²) in [5, 5.41) is 6.83. The molecular weight excluding hydrogens is 300 g/mol. The third kappa shape index (κ3) is 3.93. The molecule has 1 aliphatic carbocycles. The Hall–Kier alpha value is -0.820. The van der Waals surface area contributed by atoms with E-state index in [1.165, 1.54) is 19.4 Å². The second-order valence-electron chi connectivity index (χ2n) is 7.14. The molecule has 0 radical (unpaired) electrons. The van der Waals surface area contributed by atoms with Crippen molar-refractivity contribution in [1.29, 1.82) is 0 Å². The Labute approximate surface area is 133 Å². The number of likely N-dealkylation sites (tertiary alicyclic amines) is 1. The minimum Gasteiger partial charge on any atom is -0.356 e. The summed E-state index contributed by atoms with van der Waals surface area (Å²) < 4.78 is 23.0. The van der Waals surface area contributed by atoms with E-state index in [1.807, 2.05) is 0 Å². The molecule has 1 saturated carbocycles. The first kappa shape index (κ1) is 16.1. The maximum atomic E-state index is 11.5. The number of hydrogen-bond donors (Lipinski definition) is 2. The van der Waals surface area contributed by atoms with Crippen molar-refractivity contribution in [1.82, 2.24) is 15.5 Å². The summed E-state index contributed by atoms with van der Waals surface area (Å²) in [4.78, 5) is 6.88. The van der Waals surface area contributed by atoms with E-state index in [1.54, 1.807) is 7.05 Å². The van der Waals surface area contributed by atoms with E-state index in [4.69, 9.17) is 0 Å². The standard InChI is InChI=1S/C15H28N4O2S/c1-11-8-19(13-3-4-13)9-14(11)18-15(16-2)17-7-12-5-6-22(20,21)10-12/h11-14H,3-10H2,1-2H3,(H2,16,17,18). The molecule has 3 fully saturated rings. The molecule has 2 N–H and O–H groups in total. The molecule has 3 atom stereocenters. The molecule has 0 bridgehead atoms. The van der Waals surface area contributed by atoms with Gasteiger partial charge in [0.15, 0.2) is 15.8 Å². The van der Waals surface area contributed by atoms with Crippen LogP contribution in [0.5, 0.6) is 0 Å². The fourth-order valence-electron chi connectivity index (χ4n) is 3.57. The average molecular weight is 328 g/mol. The quantitative estimate of drug-likeness (QED) is 0.564. The van der Waals surface area contributed by atoms with Crippen LogP contribution in [0.4, 0.5) is 0 Å². The summed E-state index contributed by atoms with van der Waals surface area (Å²) in [5.74, 6) is 2.28. The van der Waals surface area contributed by atoms with Crippen LogP contribution in [-0.2, 0) is 9.84 Å². The van der Waals surface area contributed by atoms with Crippen molar-refractivity contribution >= 4 is 15.8 Å². The van der Waals surface area contributed by atoms with Gasteiger partial charge < -0.3 is 10.6 Å². The second-order valence-corrected chi connectivity index (χ2v) is 9.36. The van der Waals surface area contributed by atoms with E-state index < -0.39 is 9.84 Å². The molecule has 3 aliphatic rings. The van der Waals surface area contributed by atoms with Crippen LogP contribution in [0.15, 0.2) is 4.99 Å². The first-order valence-corrected chi connectivity index (χ1v) is 10.2. The predicted octanol–water partition coefficient (Wildman–Crippen LogP) is 0.0688. The molecule has 126 valence electrons. The topological polar surface area (TPSA) is 73.8 Å². The summed E-state index contributed by atoms with van der Waals surface area (Å²) in [6, 6.07) is 1.24. The van der Waals surface area contributed by atoms with Crippen LogP contribution in [0.2, 0.25) is 0 Å². The molecule has 2 saturated heterocycles.